The molecule has 0 aromatic heterocycles. The van der Waals surface area contributed by atoms with Crippen LogP contribution in [0.15, 0.2) is 24.3 Å². The maximum atomic E-state index is 13.5. The first-order chi connectivity index (χ1) is 16.3. The maximum absolute atomic E-state index is 13.5. The highest BCUT2D eigenvalue weighted by molar-refractivity contribution is 7.98. The van der Waals surface area contributed by atoms with Gasteiger partial charge in [0.05, 0.1) is 13.2 Å². The highest BCUT2D eigenvalue weighted by atomic mass is 32.2. The molecule has 0 saturated carbocycles. The van der Waals surface area contributed by atoms with Crippen LogP contribution in [0.3, 0.4) is 0 Å². The second-order valence-electron chi connectivity index (χ2n) is 9.13. The first-order valence-corrected chi connectivity index (χ1v) is 14.1. The van der Waals surface area contributed by atoms with Gasteiger partial charge in [0.25, 0.3) is 0 Å². The van der Waals surface area contributed by atoms with Gasteiger partial charge in [-0.05, 0) is 41.9 Å². The summed E-state index contributed by atoms with van der Waals surface area (Å²) in [6.07, 6.45) is 4.16. The van der Waals surface area contributed by atoms with Crippen molar-refractivity contribution in [1.29, 1.82) is 0 Å². The first kappa shape index (κ1) is 29.0. The minimum absolute atomic E-state index is 0.0201. The van der Waals surface area contributed by atoms with Gasteiger partial charge in [-0.15, -0.1) is 0 Å². The highest BCUT2D eigenvalue weighted by Gasteiger charge is 2.35. The lowest BCUT2D eigenvalue weighted by atomic mass is 9.91. The molecule has 0 radical (unpaired) electrons. The maximum Gasteiger partial charge on any atom is 0.328 e. The minimum Gasteiger partial charge on any atom is -0.467 e. The molecule has 1 amide bonds. The standard InChI is InChI=1S/C25H42N4O3S2/c1-5-17(2)22(27-13-20(26)16-33)15-29-14-19-9-7-6-8-18(19)12-23(29)24(30)28-21(10-11-34-4)25(31)32-3/h6-9,17,20-23,27,33H,5,10-16,26H2,1-4H3,(H,28,30)/t17-,20+,21-,22+,23-/m0/s1. The van der Waals surface area contributed by atoms with E-state index in [1.54, 1.807) is 11.8 Å². The van der Waals surface area contributed by atoms with Crippen LogP contribution in [0.5, 0.6) is 0 Å². The fourth-order valence-corrected chi connectivity index (χ4v) is 4.87. The van der Waals surface area contributed by atoms with E-state index in [9.17, 15) is 9.59 Å². The predicted molar refractivity (Wildman–Crippen MR) is 144 cm³/mol. The summed E-state index contributed by atoms with van der Waals surface area (Å²) in [4.78, 5) is 28.1. The van der Waals surface area contributed by atoms with Crippen LogP contribution < -0.4 is 16.4 Å². The number of nitrogens with one attached hydrogen (secondary N) is 2. The van der Waals surface area contributed by atoms with Gasteiger partial charge < -0.3 is 21.1 Å². The molecule has 1 aliphatic heterocycles. The van der Waals surface area contributed by atoms with Crippen LogP contribution in [0.4, 0.5) is 0 Å². The van der Waals surface area contributed by atoms with Crippen molar-refractivity contribution in [2.24, 2.45) is 11.7 Å². The van der Waals surface area contributed by atoms with Crippen LogP contribution >= 0.6 is 24.4 Å². The number of nitrogens with two attached hydrogens (primary N) is 1. The summed E-state index contributed by atoms with van der Waals surface area (Å²) in [5.74, 6) is 1.28. The Bertz CT molecular complexity index is 782. The third-order valence-electron chi connectivity index (χ3n) is 6.70. The Morgan fingerprint density at radius 1 is 1.32 bits per heavy atom. The second kappa shape index (κ2) is 15.0. The molecule has 0 spiro atoms. The van der Waals surface area contributed by atoms with Gasteiger partial charge in [-0.1, -0.05) is 44.5 Å². The SMILES string of the molecule is CC[C@H](C)[C@@H](CN1Cc2ccccc2C[C@H]1C(=O)N[C@@H](CCSC)C(=O)OC)NC[C@@H](N)CS. The number of benzene rings is 1. The molecule has 4 N–H and O–H groups in total. The lowest BCUT2D eigenvalue weighted by molar-refractivity contribution is -0.146. The van der Waals surface area contributed by atoms with Crippen LogP contribution in [-0.4, -0.2) is 78.9 Å². The molecule has 1 aliphatic rings. The number of carbonyl (C=O) groups excluding carboxylic acids is 2. The van der Waals surface area contributed by atoms with E-state index in [4.69, 9.17) is 10.5 Å². The van der Waals surface area contributed by atoms with E-state index in [1.807, 2.05) is 18.4 Å². The van der Waals surface area contributed by atoms with E-state index in [1.165, 1.54) is 18.2 Å². The highest BCUT2D eigenvalue weighted by Crippen LogP contribution is 2.25. The molecular formula is C25H42N4O3S2. The fourth-order valence-electron chi connectivity index (χ4n) is 4.27. The number of thioether (sulfide) groups is 1. The molecule has 0 aliphatic carbocycles. The summed E-state index contributed by atoms with van der Waals surface area (Å²) in [6, 6.07) is 7.45. The Kier molecular flexibility index (Phi) is 12.8. The largest absolute Gasteiger partial charge is 0.467 e. The molecule has 2 rings (SSSR count). The van der Waals surface area contributed by atoms with Crippen molar-refractivity contribution >= 4 is 36.3 Å². The van der Waals surface area contributed by atoms with Crippen molar-refractivity contribution in [2.45, 2.75) is 63.8 Å². The quantitative estimate of drug-likeness (QED) is 0.225. The molecule has 1 aromatic rings. The topological polar surface area (TPSA) is 96.7 Å². The summed E-state index contributed by atoms with van der Waals surface area (Å²) >= 11 is 5.95. The van der Waals surface area contributed by atoms with Crippen molar-refractivity contribution in [1.82, 2.24) is 15.5 Å². The Morgan fingerprint density at radius 3 is 2.65 bits per heavy atom. The third kappa shape index (κ3) is 8.45. The lowest BCUT2D eigenvalue weighted by Crippen LogP contribution is -2.57. The summed E-state index contributed by atoms with van der Waals surface area (Å²) in [5.41, 5.74) is 8.54. The van der Waals surface area contributed by atoms with E-state index < -0.39 is 12.0 Å². The fraction of sp³-hybridized carbons (Fsp3) is 0.680. The van der Waals surface area contributed by atoms with Crippen molar-refractivity contribution in [3.8, 4) is 0 Å². The molecule has 7 nitrogen and oxygen atoms in total. The zero-order valence-corrected chi connectivity index (χ0v) is 22.7. The number of thiol groups is 1. The Labute approximate surface area is 214 Å². The predicted octanol–water partition coefficient (Wildman–Crippen LogP) is 2.09. The van der Waals surface area contributed by atoms with Crippen molar-refractivity contribution in [3.05, 3.63) is 35.4 Å². The molecule has 192 valence electrons. The monoisotopic (exact) mass is 510 g/mol. The molecule has 5 atom stereocenters. The van der Waals surface area contributed by atoms with E-state index in [2.05, 4.69) is 54.1 Å². The van der Waals surface area contributed by atoms with E-state index in [0.717, 1.165) is 12.2 Å². The minimum atomic E-state index is -0.638. The van der Waals surface area contributed by atoms with Gasteiger partial charge in [0.1, 0.15) is 6.04 Å². The van der Waals surface area contributed by atoms with Gasteiger partial charge in [-0.3, -0.25) is 9.69 Å². The van der Waals surface area contributed by atoms with Crippen molar-refractivity contribution in [3.63, 3.8) is 0 Å². The van der Waals surface area contributed by atoms with E-state index in [-0.39, 0.29) is 24.0 Å². The van der Waals surface area contributed by atoms with Gasteiger partial charge in [0.2, 0.25) is 5.91 Å². The number of hydrogen-bond acceptors (Lipinski definition) is 8. The number of nitrogens with zero attached hydrogens (tertiary/aromatic N) is 1. The van der Waals surface area contributed by atoms with Crippen LogP contribution in [0.2, 0.25) is 0 Å². The number of esters is 1. The van der Waals surface area contributed by atoms with Crippen LogP contribution in [0.25, 0.3) is 0 Å². The number of amides is 1. The molecule has 0 bridgehead atoms. The van der Waals surface area contributed by atoms with Crippen LogP contribution in [-0.2, 0) is 27.3 Å². The normalized spacial score (nSPS) is 19.5. The molecule has 1 aromatic carbocycles. The molecule has 0 unspecified atom stereocenters. The zero-order chi connectivity index (χ0) is 25.1. The van der Waals surface area contributed by atoms with Gasteiger partial charge in [-0.25, -0.2) is 4.79 Å². The van der Waals surface area contributed by atoms with Gasteiger partial charge in [0.15, 0.2) is 0 Å². The van der Waals surface area contributed by atoms with Gasteiger partial charge in [-0.2, -0.15) is 24.4 Å². The second-order valence-corrected chi connectivity index (χ2v) is 10.5. The molecular weight excluding hydrogens is 468 g/mol. The summed E-state index contributed by atoms with van der Waals surface area (Å²) < 4.78 is 4.95. The average molecular weight is 511 g/mol. The summed E-state index contributed by atoms with van der Waals surface area (Å²) in [6.45, 7) is 6.50. The lowest BCUT2D eigenvalue weighted by Gasteiger charge is -2.40. The number of carbonyl (C=O) groups is 2. The zero-order valence-electron chi connectivity index (χ0n) is 21.0. The van der Waals surface area contributed by atoms with Crippen LogP contribution in [0, 0.1) is 5.92 Å². The number of hydrogen-bond donors (Lipinski definition) is 4. The first-order valence-electron chi connectivity index (χ1n) is 12.1. The van der Waals surface area contributed by atoms with Crippen molar-refractivity contribution in [2.75, 3.05) is 38.0 Å². The Balaban J connectivity index is 2.24. The van der Waals surface area contributed by atoms with E-state index >= 15 is 0 Å². The number of methoxy groups -OCH3 is 1. The van der Waals surface area contributed by atoms with Gasteiger partial charge in [0, 0.05) is 37.5 Å². The van der Waals surface area contributed by atoms with Crippen LogP contribution in [0.1, 0.15) is 37.8 Å². The molecule has 0 saturated heterocycles. The Hall–Kier alpha value is -1.26. The Morgan fingerprint density at radius 2 is 2.03 bits per heavy atom. The molecule has 1 heterocycles. The third-order valence-corrected chi connectivity index (χ3v) is 7.81. The molecule has 34 heavy (non-hydrogen) atoms. The molecule has 9 heteroatoms. The number of rotatable bonds is 14. The average Bonchev–Trinajstić information content (AvgIpc) is 2.86. The summed E-state index contributed by atoms with van der Waals surface area (Å²) in [5, 5.41) is 6.61. The van der Waals surface area contributed by atoms with Gasteiger partial charge >= 0.3 is 5.97 Å². The summed E-state index contributed by atoms with van der Waals surface area (Å²) in [7, 11) is 1.36. The molecule has 0 fully saturated rings. The smallest absolute Gasteiger partial charge is 0.328 e. The number of fused-ring (bicyclic) bond motifs is 1. The number of ether oxygens (including phenoxy) is 1. The van der Waals surface area contributed by atoms with E-state index in [0.29, 0.717) is 44.1 Å². The van der Waals surface area contributed by atoms with Crippen molar-refractivity contribution < 1.29 is 14.3 Å².